The molecule has 0 fully saturated rings. The Hall–Kier alpha value is -3.09. The van der Waals surface area contributed by atoms with Crippen LogP contribution in [0, 0.1) is 5.82 Å². The van der Waals surface area contributed by atoms with Gasteiger partial charge in [-0.2, -0.15) is 0 Å². The molecule has 1 aromatic carbocycles. The Balaban J connectivity index is 2.45. The third-order valence-corrected chi connectivity index (χ3v) is 3.62. The molecule has 7 heteroatoms. The summed E-state index contributed by atoms with van der Waals surface area (Å²) in [6, 6.07) is 5.59. The van der Waals surface area contributed by atoms with Crippen LogP contribution in [0.3, 0.4) is 0 Å². The Kier molecular flexibility index (Phi) is 4.07. The summed E-state index contributed by atoms with van der Waals surface area (Å²) >= 11 is 0. The lowest BCUT2D eigenvalue weighted by atomic mass is 10.0. The van der Waals surface area contributed by atoms with Gasteiger partial charge in [0, 0.05) is 25.0 Å². The third kappa shape index (κ3) is 2.54. The summed E-state index contributed by atoms with van der Waals surface area (Å²) in [5.41, 5.74) is 0.940. The Morgan fingerprint density at radius 2 is 1.79 bits per heavy atom. The lowest BCUT2D eigenvalue weighted by Crippen LogP contribution is -2.26. The van der Waals surface area contributed by atoms with E-state index in [9.17, 15) is 14.0 Å². The molecule has 6 nitrogen and oxygen atoms in total. The molecular formula is C17H14FN3O3. The van der Waals surface area contributed by atoms with Crippen molar-refractivity contribution in [3.63, 3.8) is 0 Å². The highest BCUT2D eigenvalue weighted by Gasteiger charge is 2.24. The van der Waals surface area contributed by atoms with Crippen molar-refractivity contribution in [2.45, 2.75) is 6.92 Å². The minimum atomic E-state index is -0.649. The second kappa shape index (κ2) is 6.19. The molecule has 0 aliphatic heterocycles. The van der Waals surface area contributed by atoms with Crippen molar-refractivity contribution in [3.8, 4) is 11.1 Å². The number of halogens is 1. The van der Waals surface area contributed by atoms with Crippen molar-refractivity contribution in [1.82, 2.24) is 14.5 Å². The molecule has 3 rings (SSSR count). The Labute approximate surface area is 136 Å². The van der Waals surface area contributed by atoms with Gasteiger partial charge in [0.15, 0.2) is 5.52 Å². The molecule has 0 aliphatic carbocycles. The predicted molar refractivity (Wildman–Crippen MR) is 86.1 cm³/mol. The first-order valence-electron chi connectivity index (χ1n) is 7.31. The number of rotatable bonds is 3. The molecule has 0 atom stereocenters. The second-order valence-electron chi connectivity index (χ2n) is 5.07. The minimum Gasteiger partial charge on any atom is -0.461 e. The number of aromatic nitrogens is 3. The van der Waals surface area contributed by atoms with Gasteiger partial charge in [0.2, 0.25) is 0 Å². The molecule has 0 saturated carbocycles. The van der Waals surface area contributed by atoms with E-state index in [4.69, 9.17) is 4.74 Å². The number of esters is 1. The molecule has 2 heterocycles. The lowest BCUT2D eigenvalue weighted by molar-refractivity contribution is 0.0515. The van der Waals surface area contributed by atoms with Crippen LogP contribution < -0.4 is 5.56 Å². The van der Waals surface area contributed by atoms with E-state index in [1.807, 2.05) is 0 Å². The fourth-order valence-electron chi connectivity index (χ4n) is 2.55. The Morgan fingerprint density at radius 3 is 2.42 bits per heavy atom. The molecule has 0 saturated heterocycles. The van der Waals surface area contributed by atoms with Crippen molar-refractivity contribution in [3.05, 3.63) is 58.5 Å². The zero-order valence-electron chi connectivity index (χ0n) is 13.1. The second-order valence-corrected chi connectivity index (χ2v) is 5.07. The van der Waals surface area contributed by atoms with Crippen molar-refractivity contribution >= 4 is 17.0 Å². The zero-order chi connectivity index (χ0) is 17.3. The van der Waals surface area contributed by atoms with Crippen LogP contribution in [0.1, 0.15) is 17.4 Å². The van der Waals surface area contributed by atoms with E-state index in [1.165, 1.54) is 48.3 Å². The molecule has 0 aliphatic rings. The summed E-state index contributed by atoms with van der Waals surface area (Å²) in [7, 11) is 1.47. The number of fused-ring (bicyclic) bond motifs is 1. The molecule has 0 N–H and O–H groups in total. The highest BCUT2D eigenvalue weighted by Crippen LogP contribution is 2.29. The molecular weight excluding hydrogens is 313 g/mol. The fourth-order valence-corrected chi connectivity index (χ4v) is 2.55. The molecule has 0 spiro atoms. The van der Waals surface area contributed by atoms with Gasteiger partial charge in [0.05, 0.1) is 6.61 Å². The van der Waals surface area contributed by atoms with Gasteiger partial charge in [0.1, 0.15) is 17.0 Å². The van der Waals surface area contributed by atoms with Crippen molar-refractivity contribution in [2.75, 3.05) is 6.61 Å². The van der Waals surface area contributed by atoms with Gasteiger partial charge in [-0.15, -0.1) is 0 Å². The topological polar surface area (TPSA) is 74.1 Å². The molecule has 0 amide bonds. The lowest BCUT2D eigenvalue weighted by Gasteiger charge is -2.15. The largest absolute Gasteiger partial charge is 0.461 e. The number of pyridine rings is 1. The average molecular weight is 327 g/mol. The van der Waals surface area contributed by atoms with Gasteiger partial charge in [-0.3, -0.25) is 9.78 Å². The van der Waals surface area contributed by atoms with Gasteiger partial charge in [0.25, 0.3) is 5.56 Å². The van der Waals surface area contributed by atoms with Crippen molar-refractivity contribution in [2.24, 2.45) is 7.05 Å². The van der Waals surface area contributed by atoms with Gasteiger partial charge >= 0.3 is 5.97 Å². The summed E-state index contributed by atoms with van der Waals surface area (Å²) in [6.07, 6.45) is 2.84. The van der Waals surface area contributed by atoms with E-state index in [1.54, 1.807) is 6.92 Å². The smallest absolute Gasteiger partial charge is 0.355 e. The van der Waals surface area contributed by atoms with Gasteiger partial charge in [-0.25, -0.2) is 14.2 Å². The Bertz CT molecular complexity index is 981. The van der Waals surface area contributed by atoms with Crippen LogP contribution in [-0.4, -0.2) is 27.1 Å². The first kappa shape index (κ1) is 15.8. The SMILES string of the molecule is CCOC(=O)c1c(-c2ccc(F)cc2)c2nccnc2c(=O)n1C. The highest BCUT2D eigenvalue weighted by atomic mass is 19.1. The summed E-state index contributed by atoms with van der Waals surface area (Å²) in [4.78, 5) is 33.2. The number of carbonyl (C=O) groups excluding carboxylic acids is 1. The zero-order valence-corrected chi connectivity index (χ0v) is 13.1. The predicted octanol–water partition coefficient (Wildman–Crippen LogP) is 2.31. The van der Waals surface area contributed by atoms with E-state index in [-0.39, 0.29) is 23.3 Å². The number of hydrogen-bond donors (Lipinski definition) is 0. The quantitative estimate of drug-likeness (QED) is 0.690. The van der Waals surface area contributed by atoms with Crippen LogP contribution >= 0.6 is 0 Å². The third-order valence-electron chi connectivity index (χ3n) is 3.62. The molecule has 122 valence electrons. The van der Waals surface area contributed by atoms with Crippen LogP contribution in [0.25, 0.3) is 22.2 Å². The van der Waals surface area contributed by atoms with Gasteiger partial charge < -0.3 is 9.30 Å². The maximum atomic E-state index is 13.3. The van der Waals surface area contributed by atoms with Crippen molar-refractivity contribution < 1.29 is 13.9 Å². The minimum absolute atomic E-state index is 0.0569. The number of carbonyl (C=O) groups is 1. The molecule has 0 radical (unpaired) electrons. The van der Waals surface area contributed by atoms with Crippen LogP contribution in [0.2, 0.25) is 0 Å². The van der Waals surface area contributed by atoms with Crippen LogP contribution in [-0.2, 0) is 11.8 Å². The first-order valence-corrected chi connectivity index (χ1v) is 7.31. The molecule has 0 unspecified atom stereocenters. The number of nitrogens with zero attached hydrogens (tertiary/aromatic N) is 3. The number of benzene rings is 1. The van der Waals surface area contributed by atoms with Crippen LogP contribution in [0.15, 0.2) is 41.5 Å². The Morgan fingerprint density at radius 1 is 1.17 bits per heavy atom. The maximum Gasteiger partial charge on any atom is 0.355 e. The van der Waals surface area contributed by atoms with Crippen molar-refractivity contribution in [1.29, 1.82) is 0 Å². The van der Waals surface area contributed by atoms with E-state index in [0.717, 1.165) is 0 Å². The standard InChI is InChI=1S/C17H14FN3O3/c1-3-24-17(23)15-12(10-4-6-11(18)7-5-10)13-14(16(22)21(15)2)20-9-8-19-13/h4-9H,3H2,1-2H3. The summed E-state index contributed by atoms with van der Waals surface area (Å²) in [5, 5.41) is 0. The van der Waals surface area contributed by atoms with Gasteiger partial charge in [-0.1, -0.05) is 12.1 Å². The summed E-state index contributed by atoms with van der Waals surface area (Å²) < 4.78 is 19.5. The van der Waals surface area contributed by atoms with Crippen LogP contribution in [0.4, 0.5) is 4.39 Å². The van der Waals surface area contributed by atoms with E-state index in [0.29, 0.717) is 11.1 Å². The maximum absolute atomic E-state index is 13.3. The molecule has 0 bridgehead atoms. The highest BCUT2D eigenvalue weighted by molar-refractivity contribution is 6.04. The fraction of sp³-hybridized carbons (Fsp3) is 0.176. The van der Waals surface area contributed by atoms with E-state index < -0.39 is 17.3 Å². The number of hydrogen-bond acceptors (Lipinski definition) is 5. The summed E-state index contributed by atoms with van der Waals surface area (Å²) in [6.45, 7) is 1.84. The summed E-state index contributed by atoms with van der Waals surface area (Å²) in [5.74, 6) is -1.05. The first-order chi connectivity index (χ1) is 11.5. The van der Waals surface area contributed by atoms with Crippen LogP contribution in [0.5, 0.6) is 0 Å². The monoisotopic (exact) mass is 327 g/mol. The molecule has 2 aromatic heterocycles. The van der Waals surface area contributed by atoms with Gasteiger partial charge in [-0.05, 0) is 24.6 Å². The molecule has 3 aromatic rings. The average Bonchev–Trinajstić information content (AvgIpc) is 2.59. The molecule has 24 heavy (non-hydrogen) atoms. The van der Waals surface area contributed by atoms with E-state index >= 15 is 0 Å². The normalized spacial score (nSPS) is 10.8. The van der Waals surface area contributed by atoms with E-state index in [2.05, 4.69) is 9.97 Å². The number of ether oxygens (including phenoxy) is 1.